The van der Waals surface area contributed by atoms with Gasteiger partial charge in [0, 0.05) is 49.0 Å². The maximum Gasteiger partial charge on any atom is 0.321 e. The molecule has 1 heterocycles. The fourth-order valence-electron chi connectivity index (χ4n) is 4.29. The van der Waals surface area contributed by atoms with E-state index in [0.717, 1.165) is 30.8 Å². The van der Waals surface area contributed by atoms with Crippen molar-refractivity contribution in [3.05, 3.63) is 100 Å². The highest BCUT2D eigenvalue weighted by atomic mass is 35.5. The second kappa shape index (κ2) is 12.2. The molecule has 0 aromatic heterocycles. The fourth-order valence-corrected chi connectivity index (χ4v) is 4.42. The standard InChI is InChI=1S/C29H32ClN3O3/c1-21-4-3-5-23(18-21)20-36-28(25-6-10-26(30)11-7-25)19-32-14-16-33(17-15-32)29(35)31-27-12-8-24(9-13-27)22(2)34/h3-13,18,28H,14-17,19-20H2,1-2H3,(H,31,35). The first-order chi connectivity index (χ1) is 17.4. The number of amides is 2. The minimum atomic E-state index is -0.129. The van der Waals surface area contributed by atoms with Crippen LogP contribution < -0.4 is 5.32 Å². The van der Waals surface area contributed by atoms with E-state index in [0.29, 0.717) is 36.0 Å². The molecule has 3 aromatic rings. The van der Waals surface area contributed by atoms with Gasteiger partial charge in [0.05, 0.1) is 12.7 Å². The smallest absolute Gasteiger partial charge is 0.321 e. The molecule has 36 heavy (non-hydrogen) atoms. The number of nitrogens with zero attached hydrogens (tertiary/aromatic N) is 2. The van der Waals surface area contributed by atoms with E-state index in [1.54, 1.807) is 24.3 Å². The van der Waals surface area contributed by atoms with Crippen LogP contribution >= 0.6 is 11.6 Å². The largest absolute Gasteiger partial charge is 0.368 e. The number of carbonyl (C=O) groups is 2. The molecule has 0 bridgehead atoms. The van der Waals surface area contributed by atoms with E-state index in [1.807, 2.05) is 35.2 Å². The van der Waals surface area contributed by atoms with Crippen LogP contribution in [-0.2, 0) is 11.3 Å². The first-order valence-electron chi connectivity index (χ1n) is 12.2. The zero-order valence-electron chi connectivity index (χ0n) is 20.7. The van der Waals surface area contributed by atoms with Crippen LogP contribution in [0.2, 0.25) is 5.02 Å². The Morgan fingerprint density at radius 3 is 2.31 bits per heavy atom. The molecule has 0 aliphatic carbocycles. The fraction of sp³-hybridized carbons (Fsp3) is 0.310. The molecule has 7 heteroatoms. The van der Waals surface area contributed by atoms with Crippen molar-refractivity contribution in [3.63, 3.8) is 0 Å². The third-order valence-corrected chi connectivity index (χ3v) is 6.65. The molecular weight excluding hydrogens is 474 g/mol. The van der Waals surface area contributed by atoms with Gasteiger partial charge in [-0.15, -0.1) is 0 Å². The van der Waals surface area contributed by atoms with Crippen LogP contribution in [0.15, 0.2) is 72.8 Å². The van der Waals surface area contributed by atoms with Crippen LogP contribution in [0.25, 0.3) is 0 Å². The Kier molecular flexibility index (Phi) is 8.75. The van der Waals surface area contributed by atoms with Crippen LogP contribution in [0.4, 0.5) is 10.5 Å². The van der Waals surface area contributed by atoms with Crippen molar-refractivity contribution in [1.82, 2.24) is 9.80 Å². The van der Waals surface area contributed by atoms with E-state index in [1.165, 1.54) is 12.5 Å². The molecule has 4 rings (SSSR count). The van der Waals surface area contributed by atoms with Gasteiger partial charge in [0.25, 0.3) is 0 Å². The summed E-state index contributed by atoms with van der Waals surface area (Å²) in [6, 6.07) is 23.0. The third kappa shape index (κ3) is 7.17. The van der Waals surface area contributed by atoms with Crippen molar-refractivity contribution in [2.75, 3.05) is 38.0 Å². The molecule has 3 aromatic carbocycles. The Morgan fingerprint density at radius 1 is 0.972 bits per heavy atom. The Bertz CT molecular complexity index is 1170. The number of urea groups is 1. The quantitative estimate of drug-likeness (QED) is 0.384. The van der Waals surface area contributed by atoms with Crippen molar-refractivity contribution in [2.24, 2.45) is 0 Å². The van der Waals surface area contributed by atoms with Crippen LogP contribution in [0.3, 0.4) is 0 Å². The van der Waals surface area contributed by atoms with Crippen molar-refractivity contribution in [2.45, 2.75) is 26.6 Å². The van der Waals surface area contributed by atoms with Crippen LogP contribution in [0, 0.1) is 6.92 Å². The van der Waals surface area contributed by atoms with E-state index in [-0.39, 0.29) is 17.9 Å². The summed E-state index contributed by atoms with van der Waals surface area (Å²) in [6.07, 6.45) is -0.108. The molecule has 0 saturated carbocycles. The first-order valence-corrected chi connectivity index (χ1v) is 12.6. The number of Topliss-reactive ketones (excluding diaryl/α,β-unsaturated/α-hetero) is 1. The van der Waals surface area contributed by atoms with E-state index in [9.17, 15) is 9.59 Å². The van der Waals surface area contributed by atoms with E-state index in [2.05, 4.69) is 35.3 Å². The lowest BCUT2D eigenvalue weighted by atomic mass is 10.1. The van der Waals surface area contributed by atoms with E-state index in [4.69, 9.17) is 16.3 Å². The number of hydrogen-bond donors (Lipinski definition) is 1. The molecule has 6 nitrogen and oxygen atoms in total. The van der Waals surface area contributed by atoms with Crippen molar-refractivity contribution in [1.29, 1.82) is 0 Å². The predicted octanol–water partition coefficient (Wildman–Crippen LogP) is 5.96. The number of carbonyl (C=O) groups excluding carboxylic acids is 2. The van der Waals surface area contributed by atoms with E-state index < -0.39 is 0 Å². The van der Waals surface area contributed by atoms with E-state index >= 15 is 0 Å². The monoisotopic (exact) mass is 505 g/mol. The predicted molar refractivity (Wildman–Crippen MR) is 144 cm³/mol. The summed E-state index contributed by atoms with van der Waals surface area (Å²) in [5.74, 6) is 0.00349. The number of benzene rings is 3. The van der Waals surface area contributed by atoms with Crippen molar-refractivity contribution in [3.8, 4) is 0 Å². The van der Waals surface area contributed by atoms with Crippen LogP contribution in [0.5, 0.6) is 0 Å². The maximum absolute atomic E-state index is 12.7. The number of nitrogens with one attached hydrogen (secondary N) is 1. The SMILES string of the molecule is CC(=O)c1ccc(NC(=O)N2CCN(CC(OCc3cccc(C)c3)c3ccc(Cl)cc3)CC2)cc1. The minimum absolute atomic E-state index is 0.00349. The number of hydrogen-bond acceptors (Lipinski definition) is 4. The summed E-state index contributed by atoms with van der Waals surface area (Å²) in [6.45, 7) is 7.64. The maximum atomic E-state index is 12.7. The van der Waals surface area contributed by atoms with Gasteiger partial charge in [0.2, 0.25) is 0 Å². The molecule has 1 aliphatic heterocycles. The molecule has 1 atom stereocenters. The van der Waals surface area contributed by atoms with Crippen LogP contribution in [0.1, 0.15) is 40.1 Å². The number of aryl methyl sites for hydroxylation is 1. The zero-order chi connectivity index (χ0) is 25.5. The van der Waals surface area contributed by atoms with Gasteiger partial charge < -0.3 is 15.0 Å². The summed E-state index contributed by atoms with van der Waals surface area (Å²) in [5, 5.41) is 3.63. The molecule has 1 fully saturated rings. The topological polar surface area (TPSA) is 61.9 Å². The number of ketones is 1. The number of piperazine rings is 1. The molecule has 1 N–H and O–H groups in total. The Hall–Kier alpha value is -3.19. The summed E-state index contributed by atoms with van der Waals surface area (Å²) in [7, 11) is 0. The Morgan fingerprint density at radius 2 is 1.67 bits per heavy atom. The third-order valence-electron chi connectivity index (χ3n) is 6.40. The molecule has 1 unspecified atom stereocenters. The second-order valence-corrected chi connectivity index (χ2v) is 9.63. The lowest BCUT2D eigenvalue weighted by molar-refractivity contribution is 0.00592. The molecule has 1 saturated heterocycles. The highest BCUT2D eigenvalue weighted by Gasteiger charge is 2.24. The van der Waals surface area contributed by atoms with Gasteiger partial charge in [0.15, 0.2) is 5.78 Å². The lowest BCUT2D eigenvalue weighted by Crippen LogP contribution is -2.50. The second-order valence-electron chi connectivity index (χ2n) is 9.19. The highest BCUT2D eigenvalue weighted by molar-refractivity contribution is 6.30. The van der Waals surface area contributed by atoms with Gasteiger partial charge in [0.1, 0.15) is 0 Å². The molecule has 1 aliphatic rings. The molecule has 0 spiro atoms. The molecule has 188 valence electrons. The Balaban J connectivity index is 1.33. The van der Waals surface area contributed by atoms with Crippen LogP contribution in [-0.4, -0.2) is 54.3 Å². The minimum Gasteiger partial charge on any atom is -0.368 e. The van der Waals surface area contributed by atoms with Crippen molar-refractivity contribution >= 4 is 29.1 Å². The van der Waals surface area contributed by atoms with Gasteiger partial charge >= 0.3 is 6.03 Å². The van der Waals surface area contributed by atoms with Gasteiger partial charge in [-0.2, -0.15) is 0 Å². The number of halogens is 1. The number of anilines is 1. The summed E-state index contributed by atoms with van der Waals surface area (Å²) < 4.78 is 6.39. The zero-order valence-corrected chi connectivity index (χ0v) is 21.5. The summed E-state index contributed by atoms with van der Waals surface area (Å²) >= 11 is 6.11. The molecule has 0 radical (unpaired) electrons. The number of rotatable bonds is 8. The van der Waals surface area contributed by atoms with Gasteiger partial charge in [-0.25, -0.2) is 4.79 Å². The molecule has 2 amide bonds. The number of ether oxygens (including phenoxy) is 1. The normalized spacial score (nSPS) is 14.9. The highest BCUT2D eigenvalue weighted by Crippen LogP contribution is 2.24. The van der Waals surface area contributed by atoms with Crippen molar-refractivity contribution < 1.29 is 14.3 Å². The van der Waals surface area contributed by atoms with Gasteiger partial charge in [-0.3, -0.25) is 9.69 Å². The average molecular weight is 506 g/mol. The summed E-state index contributed by atoms with van der Waals surface area (Å²) in [4.78, 5) is 28.4. The van der Waals surface area contributed by atoms with Gasteiger partial charge in [-0.1, -0.05) is 53.6 Å². The summed E-state index contributed by atoms with van der Waals surface area (Å²) in [5.41, 5.74) is 4.75. The van der Waals surface area contributed by atoms with Gasteiger partial charge in [-0.05, 0) is 61.4 Å². The average Bonchev–Trinajstić information content (AvgIpc) is 2.88. The first kappa shape index (κ1) is 25.9. The molecular formula is C29H32ClN3O3. The lowest BCUT2D eigenvalue weighted by Gasteiger charge is -2.36. The Labute approximate surface area is 217 Å².